The van der Waals surface area contributed by atoms with Crippen LogP contribution in [0.15, 0.2) is 12.1 Å². The summed E-state index contributed by atoms with van der Waals surface area (Å²) in [7, 11) is 1.81. The van der Waals surface area contributed by atoms with Crippen molar-refractivity contribution in [1.82, 2.24) is 5.32 Å². The molecule has 88 valence electrons. The quantitative estimate of drug-likeness (QED) is 0.769. The third-order valence-electron chi connectivity index (χ3n) is 3.35. The van der Waals surface area contributed by atoms with Crippen molar-refractivity contribution in [1.29, 1.82) is 0 Å². The molecule has 0 radical (unpaired) electrons. The summed E-state index contributed by atoms with van der Waals surface area (Å²) < 4.78 is 39.5. The summed E-state index contributed by atoms with van der Waals surface area (Å²) in [5.74, 6) is -3.58. The van der Waals surface area contributed by atoms with Crippen LogP contribution in [-0.4, -0.2) is 13.1 Å². The lowest BCUT2D eigenvalue weighted by Gasteiger charge is -2.20. The van der Waals surface area contributed by atoms with E-state index in [2.05, 4.69) is 5.32 Å². The fraction of sp³-hybridized carbons (Fsp3) is 0.500. The molecule has 0 saturated heterocycles. The molecule has 0 aliphatic heterocycles. The van der Waals surface area contributed by atoms with Gasteiger partial charge in [0.2, 0.25) is 0 Å². The molecular formula is C12H14F3N. The van der Waals surface area contributed by atoms with Crippen molar-refractivity contribution < 1.29 is 13.2 Å². The van der Waals surface area contributed by atoms with Gasteiger partial charge in [-0.3, -0.25) is 0 Å². The standard InChI is InChI=1S/C12H14F3N/c1-16-10-4-2-3-7(10)8-5-6-9(13)12(15)11(8)14/h5-7,10,16H,2-4H2,1H3. The second kappa shape index (κ2) is 4.45. The molecule has 0 bridgehead atoms. The van der Waals surface area contributed by atoms with Crippen molar-refractivity contribution >= 4 is 0 Å². The highest BCUT2D eigenvalue weighted by atomic mass is 19.2. The van der Waals surface area contributed by atoms with Gasteiger partial charge < -0.3 is 5.32 Å². The fourth-order valence-electron chi connectivity index (χ4n) is 2.51. The first kappa shape index (κ1) is 11.5. The van der Waals surface area contributed by atoms with Crippen molar-refractivity contribution in [2.45, 2.75) is 31.2 Å². The molecule has 1 saturated carbocycles. The molecule has 0 heterocycles. The molecule has 1 aliphatic rings. The zero-order valence-corrected chi connectivity index (χ0v) is 9.06. The largest absolute Gasteiger partial charge is 0.316 e. The van der Waals surface area contributed by atoms with Gasteiger partial charge in [-0.1, -0.05) is 12.5 Å². The Morgan fingerprint density at radius 3 is 2.56 bits per heavy atom. The van der Waals surface area contributed by atoms with Crippen LogP contribution in [0.25, 0.3) is 0 Å². The zero-order chi connectivity index (χ0) is 11.7. The maximum Gasteiger partial charge on any atom is 0.194 e. The molecule has 1 fully saturated rings. The molecule has 0 spiro atoms. The third kappa shape index (κ3) is 1.82. The number of nitrogens with one attached hydrogen (secondary N) is 1. The molecule has 4 heteroatoms. The first-order valence-corrected chi connectivity index (χ1v) is 5.45. The van der Waals surface area contributed by atoms with E-state index in [4.69, 9.17) is 0 Å². The third-order valence-corrected chi connectivity index (χ3v) is 3.35. The van der Waals surface area contributed by atoms with Crippen LogP contribution in [-0.2, 0) is 0 Å². The number of hydrogen-bond donors (Lipinski definition) is 1. The first-order chi connectivity index (χ1) is 7.65. The minimum atomic E-state index is -1.36. The van der Waals surface area contributed by atoms with E-state index >= 15 is 0 Å². The molecule has 0 aromatic heterocycles. The fourth-order valence-corrected chi connectivity index (χ4v) is 2.51. The summed E-state index contributed by atoms with van der Waals surface area (Å²) in [5.41, 5.74) is 0.288. The first-order valence-electron chi connectivity index (χ1n) is 5.45. The predicted octanol–water partition coefficient (Wildman–Crippen LogP) is 2.96. The lowest BCUT2D eigenvalue weighted by Crippen LogP contribution is -2.28. The summed E-state index contributed by atoms with van der Waals surface area (Å²) in [6.07, 6.45) is 2.74. The maximum atomic E-state index is 13.6. The Morgan fingerprint density at radius 1 is 1.12 bits per heavy atom. The molecule has 1 nitrogen and oxygen atoms in total. The highest BCUT2D eigenvalue weighted by Gasteiger charge is 2.30. The molecule has 0 amide bonds. The van der Waals surface area contributed by atoms with E-state index in [1.807, 2.05) is 0 Å². The van der Waals surface area contributed by atoms with Crippen molar-refractivity contribution in [3.05, 3.63) is 35.1 Å². The lowest BCUT2D eigenvalue weighted by atomic mass is 9.93. The number of halogens is 3. The van der Waals surface area contributed by atoms with Gasteiger partial charge in [-0.05, 0) is 31.5 Å². The molecular weight excluding hydrogens is 215 g/mol. The van der Waals surface area contributed by atoms with Gasteiger partial charge in [-0.25, -0.2) is 13.2 Å². The van der Waals surface area contributed by atoms with E-state index in [0.717, 1.165) is 25.3 Å². The summed E-state index contributed by atoms with van der Waals surface area (Å²) in [5, 5.41) is 3.09. The maximum absolute atomic E-state index is 13.6. The smallest absolute Gasteiger partial charge is 0.194 e. The Morgan fingerprint density at radius 2 is 1.88 bits per heavy atom. The van der Waals surface area contributed by atoms with Gasteiger partial charge in [0.05, 0.1) is 0 Å². The average Bonchev–Trinajstić information content (AvgIpc) is 2.74. The van der Waals surface area contributed by atoms with E-state index in [-0.39, 0.29) is 17.5 Å². The SMILES string of the molecule is CNC1CCCC1c1ccc(F)c(F)c1F. The molecule has 1 N–H and O–H groups in total. The van der Waals surface area contributed by atoms with E-state index in [1.54, 1.807) is 7.05 Å². The molecule has 1 aromatic carbocycles. The van der Waals surface area contributed by atoms with E-state index in [0.29, 0.717) is 0 Å². The summed E-state index contributed by atoms with van der Waals surface area (Å²) >= 11 is 0. The zero-order valence-electron chi connectivity index (χ0n) is 9.06. The Kier molecular flexibility index (Phi) is 3.19. The van der Waals surface area contributed by atoms with Crippen LogP contribution in [0.3, 0.4) is 0 Å². The summed E-state index contributed by atoms with van der Waals surface area (Å²) in [6, 6.07) is 2.51. The number of hydrogen-bond acceptors (Lipinski definition) is 1. The van der Waals surface area contributed by atoms with Crippen LogP contribution in [0.5, 0.6) is 0 Å². The van der Waals surface area contributed by atoms with Gasteiger partial charge in [-0.15, -0.1) is 0 Å². The number of benzene rings is 1. The van der Waals surface area contributed by atoms with Crippen molar-refractivity contribution in [3.8, 4) is 0 Å². The van der Waals surface area contributed by atoms with E-state index in [1.165, 1.54) is 6.07 Å². The molecule has 1 aliphatic carbocycles. The molecule has 16 heavy (non-hydrogen) atoms. The van der Waals surface area contributed by atoms with Crippen LogP contribution in [0.1, 0.15) is 30.7 Å². The minimum Gasteiger partial charge on any atom is -0.316 e. The number of likely N-dealkylation sites (N-methyl/N-ethyl adjacent to an activating group) is 1. The van der Waals surface area contributed by atoms with Gasteiger partial charge >= 0.3 is 0 Å². The van der Waals surface area contributed by atoms with Crippen LogP contribution in [0.4, 0.5) is 13.2 Å². The Hall–Kier alpha value is -1.03. The van der Waals surface area contributed by atoms with Crippen molar-refractivity contribution in [2.75, 3.05) is 7.05 Å². The molecule has 2 unspecified atom stereocenters. The van der Waals surface area contributed by atoms with Gasteiger partial charge in [0.15, 0.2) is 17.5 Å². The predicted molar refractivity (Wildman–Crippen MR) is 55.8 cm³/mol. The van der Waals surface area contributed by atoms with Gasteiger partial charge in [0, 0.05) is 12.0 Å². The normalized spacial score (nSPS) is 25.0. The molecule has 1 aromatic rings. The van der Waals surface area contributed by atoms with Crippen LogP contribution >= 0.6 is 0 Å². The summed E-state index contributed by atoms with van der Waals surface area (Å²) in [4.78, 5) is 0. The second-order valence-electron chi connectivity index (χ2n) is 4.20. The van der Waals surface area contributed by atoms with E-state index in [9.17, 15) is 13.2 Å². The van der Waals surface area contributed by atoms with Crippen LogP contribution in [0.2, 0.25) is 0 Å². The van der Waals surface area contributed by atoms with Crippen molar-refractivity contribution in [2.24, 2.45) is 0 Å². The Balaban J connectivity index is 2.37. The summed E-state index contributed by atoms with van der Waals surface area (Å²) in [6.45, 7) is 0. The number of rotatable bonds is 2. The van der Waals surface area contributed by atoms with E-state index < -0.39 is 17.5 Å². The van der Waals surface area contributed by atoms with Gasteiger partial charge in [-0.2, -0.15) is 0 Å². The lowest BCUT2D eigenvalue weighted by molar-refractivity contribution is 0.425. The second-order valence-corrected chi connectivity index (χ2v) is 4.20. The Bertz CT molecular complexity index is 392. The monoisotopic (exact) mass is 229 g/mol. The molecule has 2 rings (SSSR count). The highest BCUT2D eigenvalue weighted by molar-refractivity contribution is 5.26. The average molecular weight is 229 g/mol. The van der Waals surface area contributed by atoms with Crippen molar-refractivity contribution in [3.63, 3.8) is 0 Å². The topological polar surface area (TPSA) is 12.0 Å². The Labute approximate surface area is 92.7 Å². The van der Waals surface area contributed by atoms with Crippen LogP contribution in [0, 0.1) is 17.5 Å². The van der Waals surface area contributed by atoms with Crippen LogP contribution < -0.4 is 5.32 Å². The van der Waals surface area contributed by atoms with Gasteiger partial charge in [0.1, 0.15) is 0 Å². The minimum absolute atomic E-state index is 0.0555. The highest BCUT2D eigenvalue weighted by Crippen LogP contribution is 2.36. The van der Waals surface area contributed by atoms with Gasteiger partial charge in [0.25, 0.3) is 0 Å². The molecule has 2 atom stereocenters.